The average molecular weight is 367 g/mol. The first-order valence-electron chi connectivity index (χ1n) is 12.3. The van der Waals surface area contributed by atoms with Crippen LogP contribution in [0.3, 0.4) is 0 Å². The van der Waals surface area contributed by atoms with E-state index in [9.17, 15) is 0 Å². The fourth-order valence-corrected chi connectivity index (χ4v) is 6.89. The van der Waals surface area contributed by atoms with Gasteiger partial charge in [0.2, 0.25) is 0 Å². The first-order chi connectivity index (χ1) is 13.2. The summed E-state index contributed by atoms with van der Waals surface area (Å²) in [6.45, 7) is 4.57. The summed E-state index contributed by atoms with van der Waals surface area (Å²) in [6.07, 6.45) is 20.9. The third-order valence-electron chi connectivity index (χ3n) is 8.52. The van der Waals surface area contributed by atoms with Crippen LogP contribution in [0.2, 0.25) is 0 Å². The van der Waals surface area contributed by atoms with Crippen molar-refractivity contribution >= 4 is 0 Å². The molecule has 5 unspecified atom stereocenters. The topological polar surface area (TPSA) is 0 Å². The molecular formula is C27H42. The van der Waals surface area contributed by atoms with Gasteiger partial charge >= 0.3 is 0 Å². The van der Waals surface area contributed by atoms with Crippen LogP contribution >= 0.6 is 0 Å². The number of hydrogen-bond donors (Lipinski definition) is 0. The summed E-state index contributed by atoms with van der Waals surface area (Å²) in [7, 11) is 0. The minimum Gasteiger partial charge on any atom is -0.0654 e. The van der Waals surface area contributed by atoms with Gasteiger partial charge in [0, 0.05) is 0 Å². The molecule has 27 heavy (non-hydrogen) atoms. The molecule has 0 aliphatic heterocycles. The van der Waals surface area contributed by atoms with Gasteiger partial charge in [0.15, 0.2) is 0 Å². The smallest absolute Gasteiger partial charge is 0.0245 e. The number of fused-ring (bicyclic) bond motifs is 2. The second-order valence-electron chi connectivity index (χ2n) is 10.4. The van der Waals surface area contributed by atoms with E-state index in [2.05, 4.69) is 32.0 Å². The van der Waals surface area contributed by atoms with Gasteiger partial charge in [-0.25, -0.2) is 0 Å². The lowest BCUT2D eigenvalue weighted by atomic mass is 9.61. The van der Waals surface area contributed by atoms with Gasteiger partial charge in [0.05, 0.1) is 0 Å². The van der Waals surface area contributed by atoms with E-state index in [1.54, 1.807) is 43.2 Å². The van der Waals surface area contributed by atoms with Crippen molar-refractivity contribution in [3.05, 3.63) is 34.9 Å². The third-order valence-corrected chi connectivity index (χ3v) is 8.52. The Hall–Kier alpha value is -0.780. The molecule has 1 aromatic rings. The molecule has 5 atom stereocenters. The van der Waals surface area contributed by atoms with Crippen LogP contribution in [0.4, 0.5) is 0 Å². The summed E-state index contributed by atoms with van der Waals surface area (Å²) >= 11 is 0. The van der Waals surface area contributed by atoms with Crippen LogP contribution in [0.25, 0.3) is 0 Å². The molecular weight excluding hydrogens is 324 g/mol. The lowest BCUT2D eigenvalue weighted by molar-refractivity contribution is 0.0690. The lowest BCUT2D eigenvalue weighted by Gasteiger charge is -2.45. The van der Waals surface area contributed by atoms with E-state index in [-0.39, 0.29) is 0 Å². The lowest BCUT2D eigenvalue weighted by Crippen LogP contribution is -2.35. The number of hydrogen-bond acceptors (Lipinski definition) is 0. The van der Waals surface area contributed by atoms with E-state index in [1.807, 2.05) is 0 Å². The molecule has 0 amide bonds. The van der Waals surface area contributed by atoms with Gasteiger partial charge in [-0.05, 0) is 99.0 Å². The number of benzene rings is 1. The molecule has 0 heterocycles. The molecule has 0 nitrogen and oxygen atoms in total. The third kappa shape index (κ3) is 4.80. The molecule has 150 valence electrons. The van der Waals surface area contributed by atoms with Crippen LogP contribution in [0.1, 0.15) is 101 Å². The summed E-state index contributed by atoms with van der Waals surface area (Å²) in [5.74, 6) is 5.25. The summed E-state index contributed by atoms with van der Waals surface area (Å²) in [6, 6.07) is 7.22. The second-order valence-corrected chi connectivity index (χ2v) is 10.4. The zero-order valence-corrected chi connectivity index (χ0v) is 18.0. The summed E-state index contributed by atoms with van der Waals surface area (Å²) in [5, 5.41) is 0. The Bertz CT molecular complexity index is 600. The Kier molecular flexibility index (Phi) is 6.62. The van der Waals surface area contributed by atoms with E-state index in [4.69, 9.17) is 0 Å². The van der Waals surface area contributed by atoms with Gasteiger partial charge < -0.3 is 0 Å². The Morgan fingerprint density at radius 3 is 2.41 bits per heavy atom. The van der Waals surface area contributed by atoms with Crippen molar-refractivity contribution in [3.63, 3.8) is 0 Å². The fraction of sp³-hybridized carbons (Fsp3) is 0.778. The van der Waals surface area contributed by atoms with Crippen molar-refractivity contribution < 1.29 is 0 Å². The quantitative estimate of drug-likeness (QED) is 0.449. The van der Waals surface area contributed by atoms with E-state index >= 15 is 0 Å². The Balaban J connectivity index is 1.27. The molecule has 0 N–H and O–H groups in total. The van der Waals surface area contributed by atoms with Crippen molar-refractivity contribution in [1.29, 1.82) is 0 Å². The summed E-state index contributed by atoms with van der Waals surface area (Å²) < 4.78 is 0. The minimum absolute atomic E-state index is 0.980. The van der Waals surface area contributed by atoms with E-state index < -0.39 is 0 Å². The van der Waals surface area contributed by atoms with Crippen LogP contribution in [-0.2, 0) is 12.8 Å². The first-order valence-corrected chi connectivity index (χ1v) is 12.3. The fourth-order valence-electron chi connectivity index (χ4n) is 6.89. The normalized spacial score (nSPS) is 33.3. The van der Waals surface area contributed by atoms with Crippen LogP contribution in [0.5, 0.6) is 0 Å². The minimum atomic E-state index is 0.980. The van der Waals surface area contributed by atoms with Gasteiger partial charge in [-0.2, -0.15) is 0 Å². The molecule has 3 aliphatic carbocycles. The molecule has 0 spiro atoms. The van der Waals surface area contributed by atoms with Crippen molar-refractivity contribution in [2.45, 2.75) is 104 Å². The van der Waals surface area contributed by atoms with Gasteiger partial charge in [-0.15, -0.1) is 0 Å². The Morgan fingerprint density at radius 2 is 1.56 bits per heavy atom. The predicted molar refractivity (Wildman–Crippen MR) is 117 cm³/mol. The monoisotopic (exact) mass is 366 g/mol. The molecule has 0 heteroatoms. The molecule has 0 bridgehead atoms. The summed E-state index contributed by atoms with van der Waals surface area (Å²) in [5.41, 5.74) is 4.78. The molecule has 1 aromatic carbocycles. The molecule has 4 rings (SSSR count). The van der Waals surface area contributed by atoms with Gasteiger partial charge in [-0.3, -0.25) is 0 Å². The zero-order valence-electron chi connectivity index (χ0n) is 18.0. The Labute approximate surface area is 168 Å². The van der Waals surface area contributed by atoms with E-state index in [1.165, 1.54) is 63.4 Å². The molecule has 0 radical (unpaired) electrons. The highest BCUT2D eigenvalue weighted by atomic mass is 14.4. The largest absolute Gasteiger partial charge is 0.0654 e. The van der Waals surface area contributed by atoms with Crippen LogP contribution < -0.4 is 0 Å². The van der Waals surface area contributed by atoms with Crippen LogP contribution in [0.15, 0.2) is 18.2 Å². The predicted octanol–water partition coefficient (Wildman–Crippen LogP) is 7.90. The van der Waals surface area contributed by atoms with E-state index in [0.29, 0.717) is 0 Å². The van der Waals surface area contributed by atoms with Crippen molar-refractivity contribution in [1.82, 2.24) is 0 Å². The van der Waals surface area contributed by atoms with Crippen molar-refractivity contribution in [2.24, 2.45) is 29.6 Å². The average Bonchev–Trinajstić information content (AvgIpc) is 2.70. The molecule has 0 aromatic heterocycles. The maximum atomic E-state index is 2.45. The van der Waals surface area contributed by atoms with Crippen LogP contribution in [-0.4, -0.2) is 0 Å². The molecule has 3 aliphatic rings. The molecule has 2 saturated carbocycles. The maximum Gasteiger partial charge on any atom is -0.0245 e. The maximum absolute atomic E-state index is 2.45. The first kappa shape index (κ1) is 19.5. The number of unbranched alkanes of at least 4 members (excludes halogenated alkanes) is 3. The second kappa shape index (κ2) is 9.15. The van der Waals surface area contributed by atoms with Gasteiger partial charge in [-0.1, -0.05) is 69.2 Å². The number of aryl methyl sites for hydroxylation is 2. The number of rotatable bonds is 6. The zero-order chi connectivity index (χ0) is 18.6. The van der Waals surface area contributed by atoms with Crippen molar-refractivity contribution in [3.8, 4) is 0 Å². The highest BCUT2D eigenvalue weighted by Gasteiger charge is 2.38. The van der Waals surface area contributed by atoms with Gasteiger partial charge in [0.1, 0.15) is 0 Å². The SMILES string of the molecule is CCCCCCC1CCC2CC(C3CCc4cc(C)ccc4C3)CCC2C1. The Morgan fingerprint density at radius 1 is 0.778 bits per heavy atom. The summed E-state index contributed by atoms with van der Waals surface area (Å²) in [4.78, 5) is 0. The van der Waals surface area contributed by atoms with Crippen molar-refractivity contribution in [2.75, 3.05) is 0 Å². The highest BCUT2D eigenvalue weighted by molar-refractivity contribution is 5.33. The van der Waals surface area contributed by atoms with E-state index in [0.717, 1.165) is 29.6 Å². The molecule has 2 fully saturated rings. The van der Waals surface area contributed by atoms with Crippen LogP contribution in [0, 0.1) is 36.5 Å². The standard InChI is InChI=1S/C27H42/c1-3-4-5-6-7-21-9-11-25-19-27(15-13-23(25)17-21)26-14-12-22-16-20(2)8-10-24(22)18-26/h8,10,16,21,23,25-27H,3-7,9,11-15,17-19H2,1-2H3. The molecule has 0 saturated heterocycles. The van der Waals surface area contributed by atoms with Gasteiger partial charge in [0.25, 0.3) is 0 Å². The highest BCUT2D eigenvalue weighted by Crippen LogP contribution is 2.49.